The van der Waals surface area contributed by atoms with E-state index in [-0.39, 0.29) is 0 Å². The van der Waals surface area contributed by atoms with E-state index in [0.29, 0.717) is 0 Å². The Bertz CT molecular complexity index is 505. The number of benzene rings is 1. The van der Waals surface area contributed by atoms with Crippen LogP contribution in [0.3, 0.4) is 0 Å². The van der Waals surface area contributed by atoms with Crippen molar-refractivity contribution in [3.05, 3.63) is 22.7 Å². The highest BCUT2D eigenvalue weighted by atomic mass is 79.9. The summed E-state index contributed by atoms with van der Waals surface area (Å²) in [4.78, 5) is 2.36. The number of aromatic nitrogens is 1. The van der Waals surface area contributed by atoms with Crippen molar-refractivity contribution in [2.75, 3.05) is 31.1 Å². The van der Waals surface area contributed by atoms with Gasteiger partial charge in [-0.25, -0.2) is 0 Å². The van der Waals surface area contributed by atoms with Crippen LogP contribution in [0.2, 0.25) is 0 Å². The lowest BCUT2D eigenvalue weighted by Gasteiger charge is -2.27. The quantitative estimate of drug-likeness (QED) is 0.876. The van der Waals surface area contributed by atoms with Crippen molar-refractivity contribution >= 4 is 43.4 Å². The third-order valence-corrected chi connectivity index (χ3v) is 4.14. The van der Waals surface area contributed by atoms with Crippen LogP contribution in [0.15, 0.2) is 22.7 Å². The highest BCUT2D eigenvalue weighted by Crippen LogP contribution is 2.31. The molecule has 0 saturated carbocycles. The van der Waals surface area contributed by atoms with Crippen LogP contribution in [0, 0.1) is 0 Å². The lowest BCUT2D eigenvalue weighted by atomic mass is 10.2. The summed E-state index contributed by atoms with van der Waals surface area (Å²) < 4.78 is 6.96. The predicted molar refractivity (Wildman–Crippen MR) is 72.4 cm³/mol. The number of nitrogens with zero attached hydrogens (tertiary/aromatic N) is 2. The molecule has 1 aromatic carbocycles. The number of hydrogen-bond acceptors (Lipinski definition) is 4. The molecule has 1 aliphatic rings. The predicted octanol–water partition coefficient (Wildman–Crippen LogP) is 2.47. The van der Waals surface area contributed by atoms with Gasteiger partial charge in [0.2, 0.25) is 0 Å². The summed E-state index contributed by atoms with van der Waals surface area (Å²) in [6.45, 7) is 4.19. The van der Waals surface area contributed by atoms with Crippen LogP contribution in [-0.2, 0) is 0 Å². The summed E-state index contributed by atoms with van der Waals surface area (Å²) in [7, 11) is 0. The minimum absolute atomic E-state index is 1.05. The Morgan fingerprint density at radius 2 is 2.12 bits per heavy atom. The molecule has 84 valence electrons. The zero-order valence-electron chi connectivity index (χ0n) is 8.74. The van der Waals surface area contributed by atoms with E-state index < -0.39 is 0 Å². The molecule has 0 spiro atoms. The molecule has 0 bridgehead atoms. The molecule has 0 unspecified atom stereocenters. The van der Waals surface area contributed by atoms with Crippen LogP contribution in [0.5, 0.6) is 0 Å². The van der Waals surface area contributed by atoms with Crippen molar-refractivity contribution in [1.29, 1.82) is 0 Å². The molecule has 2 aromatic rings. The van der Waals surface area contributed by atoms with Crippen molar-refractivity contribution in [1.82, 2.24) is 9.69 Å². The van der Waals surface area contributed by atoms with E-state index in [1.165, 1.54) is 10.1 Å². The Labute approximate surface area is 107 Å². The number of rotatable bonds is 1. The van der Waals surface area contributed by atoms with Crippen LogP contribution in [0.25, 0.3) is 10.1 Å². The van der Waals surface area contributed by atoms with Gasteiger partial charge in [0.25, 0.3) is 0 Å². The first-order chi connectivity index (χ1) is 7.84. The van der Waals surface area contributed by atoms with E-state index in [1.54, 1.807) is 11.5 Å². The van der Waals surface area contributed by atoms with Crippen LogP contribution in [0.4, 0.5) is 5.82 Å². The van der Waals surface area contributed by atoms with Gasteiger partial charge in [0, 0.05) is 36.0 Å². The Morgan fingerprint density at radius 1 is 1.31 bits per heavy atom. The zero-order chi connectivity index (χ0) is 11.0. The van der Waals surface area contributed by atoms with Gasteiger partial charge in [-0.1, -0.05) is 15.9 Å². The van der Waals surface area contributed by atoms with Crippen molar-refractivity contribution in [3.8, 4) is 0 Å². The van der Waals surface area contributed by atoms with Gasteiger partial charge < -0.3 is 10.2 Å². The Kier molecular flexibility index (Phi) is 2.83. The lowest BCUT2D eigenvalue weighted by Crippen LogP contribution is -2.43. The number of fused-ring (bicyclic) bond motifs is 1. The first-order valence-electron chi connectivity index (χ1n) is 5.35. The Morgan fingerprint density at radius 3 is 2.94 bits per heavy atom. The van der Waals surface area contributed by atoms with Crippen LogP contribution in [0.1, 0.15) is 0 Å². The fourth-order valence-corrected chi connectivity index (χ4v) is 3.14. The first-order valence-corrected chi connectivity index (χ1v) is 6.92. The van der Waals surface area contributed by atoms with Crippen molar-refractivity contribution in [2.24, 2.45) is 0 Å². The molecule has 1 N–H and O–H groups in total. The Balaban J connectivity index is 2.05. The standard InChI is InChI=1S/C11H12BrN3S/c12-8-1-2-10-9(7-8)11(14-16-10)15-5-3-13-4-6-15/h1-2,7,13H,3-6H2. The minimum atomic E-state index is 1.05. The van der Waals surface area contributed by atoms with E-state index in [0.717, 1.165) is 36.5 Å². The molecule has 3 rings (SSSR count). The number of halogens is 1. The number of hydrogen-bond donors (Lipinski definition) is 1. The molecule has 1 aliphatic heterocycles. The van der Waals surface area contributed by atoms with Gasteiger partial charge in [0.05, 0.1) is 4.70 Å². The second-order valence-corrected chi connectivity index (χ2v) is 5.60. The zero-order valence-corrected chi connectivity index (χ0v) is 11.1. The van der Waals surface area contributed by atoms with Gasteiger partial charge in [-0.15, -0.1) is 0 Å². The average molecular weight is 298 g/mol. The summed E-state index contributed by atoms with van der Waals surface area (Å²) in [6, 6.07) is 6.36. The SMILES string of the molecule is Brc1ccc2snc(N3CCNCC3)c2c1. The molecule has 0 amide bonds. The van der Waals surface area contributed by atoms with E-state index in [4.69, 9.17) is 0 Å². The maximum absolute atomic E-state index is 4.58. The number of nitrogens with one attached hydrogen (secondary N) is 1. The molecule has 3 nitrogen and oxygen atoms in total. The van der Waals surface area contributed by atoms with Crippen LogP contribution < -0.4 is 10.2 Å². The van der Waals surface area contributed by atoms with Gasteiger partial charge in [0.15, 0.2) is 0 Å². The molecule has 0 atom stereocenters. The first kappa shape index (κ1) is 10.5. The molecular weight excluding hydrogens is 286 g/mol. The minimum Gasteiger partial charge on any atom is -0.353 e. The second kappa shape index (κ2) is 4.31. The maximum atomic E-state index is 4.58. The van der Waals surface area contributed by atoms with Gasteiger partial charge >= 0.3 is 0 Å². The number of anilines is 1. The fraction of sp³-hybridized carbons (Fsp3) is 0.364. The van der Waals surface area contributed by atoms with Gasteiger partial charge in [-0.05, 0) is 29.7 Å². The van der Waals surface area contributed by atoms with Crippen molar-refractivity contribution in [3.63, 3.8) is 0 Å². The third kappa shape index (κ3) is 1.83. The van der Waals surface area contributed by atoms with Crippen LogP contribution >= 0.6 is 27.5 Å². The topological polar surface area (TPSA) is 28.2 Å². The summed E-state index contributed by atoms with van der Waals surface area (Å²) in [5.41, 5.74) is 0. The highest BCUT2D eigenvalue weighted by molar-refractivity contribution is 9.10. The molecule has 0 aliphatic carbocycles. The van der Waals surface area contributed by atoms with E-state index in [1.807, 2.05) is 0 Å². The van der Waals surface area contributed by atoms with E-state index in [2.05, 4.69) is 48.7 Å². The van der Waals surface area contributed by atoms with Crippen LogP contribution in [-0.4, -0.2) is 30.6 Å². The molecule has 1 saturated heterocycles. The largest absolute Gasteiger partial charge is 0.353 e. The number of piperazine rings is 1. The monoisotopic (exact) mass is 297 g/mol. The highest BCUT2D eigenvalue weighted by Gasteiger charge is 2.16. The fourth-order valence-electron chi connectivity index (χ4n) is 2.00. The average Bonchev–Trinajstić information content (AvgIpc) is 2.73. The summed E-state index contributed by atoms with van der Waals surface area (Å²) >= 11 is 5.10. The summed E-state index contributed by atoms with van der Waals surface area (Å²) in [5, 5.41) is 4.63. The normalized spacial score (nSPS) is 16.9. The van der Waals surface area contributed by atoms with Gasteiger partial charge in [-0.2, -0.15) is 4.37 Å². The summed E-state index contributed by atoms with van der Waals surface area (Å²) in [6.07, 6.45) is 0. The second-order valence-electron chi connectivity index (χ2n) is 3.88. The maximum Gasteiger partial charge on any atom is 0.150 e. The molecule has 2 heterocycles. The van der Waals surface area contributed by atoms with Gasteiger partial charge in [0.1, 0.15) is 5.82 Å². The Hall–Kier alpha value is -0.650. The van der Waals surface area contributed by atoms with Crippen molar-refractivity contribution in [2.45, 2.75) is 0 Å². The van der Waals surface area contributed by atoms with E-state index >= 15 is 0 Å². The molecule has 1 aromatic heterocycles. The summed E-state index contributed by atoms with van der Waals surface area (Å²) in [5.74, 6) is 1.14. The molecule has 5 heteroatoms. The molecule has 0 radical (unpaired) electrons. The van der Waals surface area contributed by atoms with Crippen molar-refractivity contribution < 1.29 is 0 Å². The van der Waals surface area contributed by atoms with Gasteiger partial charge in [-0.3, -0.25) is 0 Å². The molecule has 16 heavy (non-hydrogen) atoms. The molecule has 1 fully saturated rings. The van der Waals surface area contributed by atoms with E-state index in [9.17, 15) is 0 Å². The lowest BCUT2D eigenvalue weighted by molar-refractivity contribution is 0.587. The smallest absolute Gasteiger partial charge is 0.150 e. The third-order valence-electron chi connectivity index (χ3n) is 2.83. The molecular formula is C11H12BrN3S.